The zero-order chi connectivity index (χ0) is 14.0. The first kappa shape index (κ1) is 14.5. The molecule has 1 aromatic heterocycles. The lowest BCUT2D eigenvalue weighted by Gasteiger charge is -2.04. The number of nitrogens with one attached hydrogen (secondary N) is 1. The number of hydrogen-bond donors (Lipinski definition) is 1. The second-order valence-corrected chi connectivity index (χ2v) is 5.83. The summed E-state index contributed by atoms with van der Waals surface area (Å²) < 4.78 is 39.5. The molecule has 0 atom stereocenters. The van der Waals surface area contributed by atoms with Crippen molar-refractivity contribution in [2.45, 2.75) is 12.7 Å². The van der Waals surface area contributed by atoms with E-state index in [-0.39, 0.29) is 11.4 Å². The summed E-state index contributed by atoms with van der Waals surface area (Å²) >= 11 is 4.35. The van der Waals surface area contributed by atoms with E-state index in [0.717, 1.165) is 15.8 Å². The molecule has 0 amide bonds. The molecule has 1 heterocycles. The lowest BCUT2D eigenvalue weighted by atomic mass is 10.2. The van der Waals surface area contributed by atoms with Crippen LogP contribution >= 0.6 is 27.3 Å². The van der Waals surface area contributed by atoms with Crippen LogP contribution in [0.2, 0.25) is 0 Å². The summed E-state index contributed by atoms with van der Waals surface area (Å²) in [5.41, 5.74) is -0.120. The van der Waals surface area contributed by atoms with Crippen LogP contribution in [-0.4, -0.2) is 12.0 Å². The summed E-state index contributed by atoms with van der Waals surface area (Å²) in [6.07, 6.45) is -4.42. The maximum atomic E-state index is 12.9. The van der Waals surface area contributed by atoms with Crippen LogP contribution in [0.3, 0.4) is 0 Å². The number of rotatable bonds is 3. The molecule has 2 nitrogen and oxygen atoms in total. The van der Waals surface area contributed by atoms with Gasteiger partial charge in [-0.3, -0.25) is 0 Å². The largest absolute Gasteiger partial charge is 0.434 e. The van der Waals surface area contributed by atoms with E-state index in [4.69, 9.17) is 0 Å². The molecule has 7 heteroatoms. The van der Waals surface area contributed by atoms with E-state index in [1.54, 1.807) is 31.3 Å². The minimum atomic E-state index is -4.42. The highest BCUT2D eigenvalue weighted by molar-refractivity contribution is 9.10. The molecule has 0 saturated heterocycles. The molecule has 0 radical (unpaired) electrons. The highest BCUT2D eigenvalue weighted by Crippen LogP contribution is 2.37. The van der Waals surface area contributed by atoms with Gasteiger partial charge in [-0.05, 0) is 19.2 Å². The number of nitrogens with zero attached hydrogens (tertiary/aromatic N) is 1. The first-order valence-electron chi connectivity index (χ1n) is 5.39. The fourth-order valence-corrected chi connectivity index (χ4v) is 2.93. The third-order valence-electron chi connectivity index (χ3n) is 2.39. The van der Waals surface area contributed by atoms with Gasteiger partial charge in [-0.15, -0.1) is 11.3 Å². The van der Waals surface area contributed by atoms with Crippen LogP contribution < -0.4 is 5.32 Å². The predicted octanol–water partition coefficient (Wildman–Crippen LogP) is 4.31. The van der Waals surface area contributed by atoms with Crippen LogP contribution in [0.1, 0.15) is 10.6 Å². The third kappa shape index (κ3) is 3.34. The van der Waals surface area contributed by atoms with Crippen LogP contribution in [0.4, 0.5) is 13.2 Å². The zero-order valence-electron chi connectivity index (χ0n) is 9.88. The van der Waals surface area contributed by atoms with Crippen molar-refractivity contribution in [2.24, 2.45) is 0 Å². The maximum absolute atomic E-state index is 12.9. The zero-order valence-corrected chi connectivity index (χ0v) is 12.3. The molecule has 0 spiro atoms. The van der Waals surface area contributed by atoms with Gasteiger partial charge in [-0.2, -0.15) is 13.2 Å². The highest BCUT2D eigenvalue weighted by atomic mass is 79.9. The molecule has 102 valence electrons. The van der Waals surface area contributed by atoms with Crippen LogP contribution in [0.15, 0.2) is 28.7 Å². The molecule has 1 N–H and O–H groups in total. The van der Waals surface area contributed by atoms with Gasteiger partial charge in [-0.1, -0.05) is 28.1 Å². The molecule has 2 rings (SSSR count). The van der Waals surface area contributed by atoms with Crippen molar-refractivity contribution >= 4 is 27.3 Å². The normalized spacial score (nSPS) is 11.8. The molecule has 19 heavy (non-hydrogen) atoms. The Labute approximate surface area is 120 Å². The number of benzene rings is 1. The van der Waals surface area contributed by atoms with E-state index in [9.17, 15) is 13.2 Å². The van der Waals surface area contributed by atoms with Crippen LogP contribution in [0, 0.1) is 0 Å². The molecule has 0 saturated carbocycles. The quantitative estimate of drug-likeness (QED) is 0.891. The Hall–Kier alpha value is -0.920. The number of alkyl halides is 3. The Morgan fingerprint density at radius 3 is 2.42 bits per heavy atom. The van der Waals surface area contributed by atoms with Gasteiger partial charge in [0, 0.05) is 16.6 Å². The second kappa shape index (κ2) is 5.60. The van der Waals surface area contributed by atoms with Crippen molar-refractivity contribution < 1.29 is 13.2 Å². The van der Waals surface area contributed by atoms with Gasteiger partial charge in [0.15, 0.2) is 5.69 Å². The smallest absolute Gasteiger partial charge is 0.315 e. The average molecular weight is 351 g/mol. The summed E-state index contributed by atoms with van der Waals surface area (Å²) in [4.78, 5) is 3.94. The van der Waals surface area contributed by atoms with E-state index in [2.05, 4.69) is 26.2 Å². The summed E-state index contributed by atoms with van der Waals surface area (Å²) in [5, 5.41) is 3.11. The van der Waals surface area contributed by atoms with E-state index in [0.29, 0.717) is 10.6 Å². The fourth-order valence-electron chi connectivity index (χ4n) is 1.57. The Morgan fingerprint density at radius 1 is 1.26 bits per heavy atom. The molecule has 0 bridgehead atoms. The molecule has 0 aliphatic heterocycles. The van der Waals surface area contributed by atoms with Crippen molar-refractivity contribution in [3.8, 4) is 10.6 Å². The molecule has 0 aliphatic carbocycles. The van der Waals surface area contributed by atoms with E-state index in [1.807, 2.05) is 0 Å². The minimum Gasteiger partial charge on any atom is -0.315 e. The first-order chi connectivity index (χ1) is 8.91. The van der Waals surface area contributed by atoms with E-state index in [1.165, 1.54) is 0 Å². The molecule has 0 fully saturated rings. The molecule has 1 aromatic carbocycles. The fraction of sp³-hybridized carbons (Fsp3) is 0.250. The van der Waals surface area contributed by atoms with Gasteiger partial charge in [0.25, 0.3) is 0 Å². The number of aromatic nitrogens is 1. The van der Waals surface area contributed by atoms with Crippen LogP contribution in [0.25, 0.3) is 10.6 Å². The van der Waals surface area contributed by atoms with Gasteiger partial charge >= 0.3 is 6.18 Å². The van der Waals surface area contributed by atoms with Gasteiger partial charge in [0.1, 0.15) is 5.01 Å². The molecular formula is C12H10BrF3N2S. The van der Waals surface area contributed by atoms with Crippen molar-refractivity contribution in [1.29, 1.82) is 0 Å². The number of hydrogen-bond acceptors (Lipinski definition) is 3. The van der Waals surface area contributed by atoms with E-state index >= 15 is 0 Å². The van der Waals surface area contributed by atoms with E-state index < -0.39 is 11.9 Å². The van der Waals surface area contributed by atoms with Gasteiger partial charge < -0.3 is 5.32 Å². The van der Waals surface area contributed by atoms with Crippen molar-refractivity contribution in [3.63, 3.8) is 0 Å². The monoisotopic (exact) mass is 350 g/mol. The topological polar surface area (TPSA) is 24.9 Å². The Kier molecular flexibility index (Phi) is 4.27. The summed E-state index contributed by atoms with van der Waals surface area (Å²) in [5.74, 6) is 0. The minimum absolute atomic E-state index is 0.156. The van der Waals surface area contributed by atoms with Crippen molar-refractivity contribution in [2.75, 3.05) is 7.05 Å². The number of halogens is 4. The third-order valence-corrected chi connectivity index (χ3v) is 4.03. The Morgan fingerprint density at radius 2 is 1.89 bits per heavy atom. The Balaban J connectivity index is 2.45. The molecule has 0 aliphatic rings. The van der Waals surface area contributed by atoms with Gasteiger partial charge in [0.2, 0.25) is 0 Å². The molecular weight excluding hydrogens is 341 g/mol. The standard InChI is InChI=1S/C12H10BrF3N2S/c1-17-6-9-10(12(14,15)16)18-11(19-9)7-2-4-8(13)5-3-7/h2-5,17H,6H2,1H3. The molecule has 2 aromatic rings. The lowest BCUT2D eigenvalue weighted by molar-refractivity contribution is -0.141. The highest BCUT2D eigenvalue weighted by Gasteiger charge is 2.37. The summed E-state index contributed by atoms with van der Waals surface area (Å²) in [6.45, 7) is 0.156. The Bertz CT molecular complexity index is 563. The second-order valence-electron chi connectivity index (χ2n) is 3.83. The first-order valence-corrected chi connectivity index (χ1v) is 7.00. The molecule has 0 unspecified atom stereocenters. The SMILES string of the molecule is CNCc1sc(-c2ccc(Br)cc2)nc1C(F)(F)F. The lowest BCUT2D eigenvalue weighted by Crippen LogP contribution is -2.12. The summed E-state index contributed by atoms with van der Waals surface area (Å²) in [6, 6.07) is 7.04. The van der Waals surface area contributed by atoms with Gasteiger partial charge in [0.05, 0.1) is 4.88 Å². The van der Waals surface area contributed by atoms with Crippen molar-refractivity contribution in [1.82, 2.24) is 10.3 Å². The maximum Gasteiger partial charge on any atom is 0.434 e. The van der Waals surface area contributed by atoms with Crippen molar-refractivity contribution in [3.05, 3.63) is 39.3 Å². The average Bonchev–Trinajstić information content (AvgIpc) is 2.74. The van der Waals surface area contributed by atoms with Crippen LogP contribution in [0.5, 0.6) is 0 Å². The van der Waals surface area contributed by atoms with Gasteiger partial charge in [-0.25, -0.2) is 4.98 Å². The summed E-state index contributed by atoms with van der Waals surface area (Å²) in [7, 11) is 1.61. The number of thiazole rings is 1. The van der Waals surface area contributed by atoms with Crippen LogP contribution in [-0.2, 0) is 12.7 Å². The predicted molar refractivity (Wildman–Crippen MR) is 73.0 cm³/mol.